The van der Waals surface area contributed by atoms with Crippen molar-refractivity contribution in [1.82, 2.24) is 0 Å². The van der Waals surface area contributed by atoms with Crippen LogP contribution in [0, 0.1) is 5.92 Å². The number of ketones is 2. The van der Waals surface area contributed by atoms with E-state index in [-0.39, 0.29) is 36.7 Å². The van der Waals surface area contributed by atoms with Gasteiger partial charge < -0.3 is 14.2 Å². The van der Waals surface area contributed by atoms with Crippen LogP contribution in [0.5, 0.6) is 0 Å². The van der Waals surface area contributed by atoms with E-state index >= 15 is 0 Å². The Hall–Kier alpha value is -1.79. The van der Waals surface area contributed by atoms with Crippen LogP contribution >= 0.6 is 0 Å². The average molecular weight is 362 g/mol. The van der Waals surface area contributed by atoms with Crippen LogP contribution in [-0.2, 0) is 28.6 Å². The van der Waals surface area contributed by atoms with Crippen LogP contribution in [0.4, 0.5) is 0 Å². The van der Waals surface area contributed by atoms with Crippen molar-refractivity contribution in [2.45, 2.75) is 69.9 Å². The Labute approximate surface area is 153 Å². The van der Waals surface area contributed by atoms with Crippen LogP contribution in [0.3, 0.4) is 0 Å². The number of fused-ring (bicyclic) bond motifs is 3. The van der Waals surface area contributed by atoms with Gasteiger partial charge in [0, 0.05) is 32.8 Å². The Morgan fingerprint density at radius 3 is 2.69 bits per heavy atom. The number of rotatable bonds is 2. The van der Waals surface area contributed by atoms with Gasteiger partial charge in [-0.2, -0.15) is 0 Å². The van der Waals surface area contributed by atoms with E-state index in [4.69, 9.17) is 14.2 Å². The highest BCUT2D eigenvalue weighted by Crippen LogP contribution is 2.38. The lowest BCUT2D eigenvalue weighted by Gasteiger charge is -2.26. The lowest BCUT2D eigenvalue weighted by molar-refractivity contribution is -0.144. The molecule has 0 aromatic heterocycles. The molecule has 3 heterocycles. The third kappa shape index (κ3) is 3.81. The minimum absolute atomic E-state index is 0.0311. The predicted molar refractivity (Wildman–Crippen MR) is 93.4 cm³/mol. The third-order valence-corrected chi connectivity index (χ3v) is 5.54. The molecular weight excluding hydrogens is 336 g/mol. The largest absolute Gasteiger partial charge is 0.455 e. The highest BCUT2D eigenvalue weighted by Gasteiger charge is 2.46. The van der Waals surface area contributed by atoms with Crippen LogP contribution in [0.25, 0.3) is 0 Å². The first kappa shape index (κ1) is 19.0. The van der Waals surface area contributed by atoms with Gasteiger partial charge in [0.2, 0.25) is 0 Å². The zero-order valence-electron chi connectivity index (χ0n) is 15.6. The Morgan fingerprint density at radius 2 is 2.04 bits per heavy atom. The number of Topliss-reactive ketones (excluding diaryl/α,β-unsaturated/α-hetero) is 2. The second kappa shape index (κ2) is 7.08. The van der Waals surface area contributed by atoms with E-state index in [1.807, 2.05) is 13.8 Å². The quantitative estimate of drug-likeness (QED) is 0.554. The highest BCUT2D eigenvalue weighted by molar-refractivity contribution is 5.93. The second-order valence-electron chi connectivity index (χ2n) is 7.92. The number of ether oxygens (including phenoxy) is 3. The van der Waals surface area contributed by atoms with Crippen LogP contribution in [0.15, 0.2) is 23.8 Å². The smallest absolute Gasteiger partial charge is 0.337 e. The van der Waals surface area contributed by atoms with Crippen molar-refractivity contribution < 1.29 is 28.6 Å². The van der Waals surface area contributed by atoms with Crippen LogP contribution in [-0.4, -0.2) is 48.6 Å². The zero-order chi connectivity index (χ0) is 19.1. The van der Waals surface area contributed by atoms with Crippen molar-refractivity contribution in [3.8, 4) is 0 Å². The zero-order valence-corrected chi connectivity index (χ0v) is 15.6. The molecule has 4 bridgehead atoms. The maximum atomic E-state index is 12.5. The van der Waals surface area contributed by atoms with E-state index in [0.29, 0.717) is 18.4 Å². The molecule has 0 aromatic carbocycles. The fourth-order valence-corrected chi connectivity index (χ4v) is 4.11. The maximum absolute atomic E-state index is 12.5. The molecule has 0 spiro atoms. The highest BCUT2D eigenvalue weighted by atomic mass is 16.6. The first-order valence-electron chi connectivity index (χ1n) is 9.04. The molecule has 0 N–H and O–H groups in total. The summed E-state index contributed by atoms with van der Waals surface area (Å²) in [5, 5.41) is 0. The molecule has 3 aliphatic rings. The Morgan fingerprint density at radius 1 is 1.31 bits per heavy atom. The topological polar surface area (TPSA) is 78.9 Å². The van der Waals surface area contributed by atoms with Crippen molar-refractivity contribution >= 4 is 17.5 Å². The molecule has 6 nitrogen and oxygen atoms in total. The van der Waals surface area contributed by atoms with Crippen molar-refractivity contribution in [2.24, 2.45) is 5.92 Å². The Bertz CT molecular complexity index is 678. The minimum Gasteiger partial charge on any atom is -0.455 e. The standard InChI is InChI=1S/C20H26O6/c1-11(2)12-5-13(21)7-18-16(22)10-20(3,26-18)9-14-8-15(19(23)25-14)17(6-12)24-4/h8,12,14,17-18H,1,5-7,9-10H2,2-4H3/t12-,14+,17-,18+,20+/m0/s1. The summed E-state index contributed by atoms with van der Waals surface area (Å²) in [5.41, 5.74) is 0.589. The summed E-state index contributed by atoms with van der Waals surface area (Å²) >= 11 is 0. The van der Waals surface area contributed by atoms with Crippen molar-refractivity contribution in [3.05, 3.63) is 23.8 Å². The van der Waals surface area contributed by atoms with Gasteiger partial charge >= 0.3 is 5.97 Å². The molecule has 3 aliphatic heterocycles. The SMILES string of the molecule is C=C(C)[C@H]1CC(=O)C[C@H]2O[C@@](C)(CC2=O)C[C@H]2C=C(C(=O)O2)[C@@H](OC)C1. The fraction of sp³-hybridized carbons (Fsp3) is 0.650. The molecule has 1 fully saturated rings. The maximum Gasteiger partial charge on any atom is 0.337 e. The molecular formula is C20H26O6. The van der Waals surface area contributed by atoms with Crippen molar-refractivity contribution in [1.29, 1.82) is 0 Å². The number of carbonyl (C=O) groups excluding carboxylic acids is 3. The normalized spacial score (nSPS) is 38.1. The third-order valence-electron chi connectivity index (χ3n) is 5.54. The summed E-state index contributed by atoms with van der Waals surface area (Å²) in [6, 6.07) is 0. The lowest BCUT2D eigenvalue weighted by Crippen LogP contribution is -2.31. The first-order valence-corrected chi connectivity index (χ1v) is 9.04. The van der Waals surface area contributed by atoms with Gasteiger partial charge in [-0.15, -0.1) is 0 Å². The van der Waals surface area contributed by atoms with E-state index < -0.39 is 29.9 Å². The molecule has 0 saturated carbocycles. The van der Waals surface area contributed by atoms with E-state index in [1.54, 1.807) is 13.2 Å². The van der Waals surface area contributed by atoms with Gasteiger partial charge in [-0.1, -0.05) is 12.2 Å². The van der Waals surface area contributed by atoms with Gasteiger partial charge in [-0.05, 0) is 32.3 Å². The second-order valence-corrected chi connectivity index (χ2v) is 7.92. The molecule has 6 heteroatoms. The first-order chi connectivity index (χ1) is 12.2. The minimum atomic E-state index is -0.733. The van der Waals surface area contributed by atoms with Gasteiger partial charge in [0.05, 0.1) is 17.3 Å². The molecule has 0 radical (unpaired) electrons. The molecule has 0 amide bonds. The van der Waals surface area contributed by atoms with Crippen LogP contribution in [0.2, 0.25) is 0 Å². The molecule has 26 heavy (non-hydrogen) atoms. The number of hydrogen-bond donors (Lipinski definition) is 0. The van der Waals surface area contributed by atoms with Gasteiger partial charge in [-0.25, -0.2) is 4.79 Å². The molecule has 0 aliphatic carbocycles. The van der Waals surface area contributed by atoms with E-state index in [2.05, 4.69) is 6.58 Å². The summed E-state index contributed by atoms with van der Waals surface area (Å²) in [4.78, 5) is 37.2. The molecule has 0 aromatic rings. The number of esters is 1. The molecule has 142 valence electrons. The van der Waals surface area contributed by atoms with E-state index in [1.165, 1.54) is 0 Å². The monoisotopic (exact) mass is 362 g/mol. The molecule has 5 atom stereocenters. The van der Waals surface area contributed by atoms with Gasteiger partial charge in [0.1, 0.15) is 18.0 Å². The average Bonchev–Trinajstić information content (AvgIpc) is 3.02. The summed E-state index contributed by atoms with van der Waals surface area (Å²) in [5.74, 6) is -0.636. The Kier molecular flexibility index (Phi) is 5.17. The van der Waals surface area contributed by atoms with Crippen LogP contribution in [0.1, 0.15) is 46.0 Å². The predicted octanol–water partition coefficient (Wildman–Crippen LogP) is 2.31. The summed E-state index contributed by atoms with van der Waals surface area (Å²) in [6.07, 6.45) is 1.59. The van der Waals surface area contributed by atoms with Gasteiger partial charge in [0.25, 0.3) is 0 Å². The lowest BCUT2D eigenvalue weighted by atomic mass is 9.86. The van der Waals surface area contributed by atoms with Crippen molar-refractivity contribution in [3.63, 3.8) is 0 Å². The number of allylic oxidation sites excluding steroid dienone is 1. The number of methoxy groups -OCH3 is 1. The fourth-order valence-electron chi connectivity index (χ4n) is 4.11. The van der Waals surface area contributed by atoms with E-state index in [9.17, 15) is 14.4 Å². The van der Waals surface area contributed by atoms with Gasteiger partial charge in [-0.3, -0.25) is 9.59 Å². The van der Waals surface area contributed by atoms with E-state index in [0.717, 1.165) is 5.57 Å². The number of hydrogen-bond acceptors (Lipinski definition) is 6. The van der Waals surface area contributed by atoms with Gasteiger partial charge in [0.15, 0.2) is 5.78 Å². The summed E-state index contributed by atoms with van der Waals surface area (Å²) in [7, 11) is 1.55. The van der Waals surface area contributed by atoms with Crippen molar-refractivity contribution in [2.75, 3.05) is 7.11 Å². The molecule has 0 unspecified atom stereocenters. The molecule has 3 rings (SSSR count). The Balaban J connectivity index is 1.94. The molecule has 1 saturated heterocycles. The summed E-state index contributed by atoms with van der Waals surface area (Å²) < 4.78 is 17.0. The van der Waals surface area contributed by atoms with Crippen LogP contribution < -0.4 is 0 Å². The number of carbonyl (C=O) groups is 3. The summed E-state index contributed by atoms with van der Waals surface area (Å²) in [6.45, 7) is 7.68.